The fourth-order valence-corrected chi connectivity index (χ4v) is 5.28. The molecule has 0 unspecified atom stereocenters. The van der Waals surface area contributed by atoms with Crippen LogP contribution in [0.4, 0.5) is 5.69 Å². The third-order valence-corrected chi connectivity index (χ3v) is 6.82. The molecule has 4 rings (SSSR count). The number of anilines is 1. The average Bonchev–Trinajstić information content (AvgIpc) is 2.69. The normalized spacial score (nSPS) is 15.3. The Morgan fingerprint density at radius 2 is 1.28 bits per heavy atom. The number of nitrogens with zero attached hydrogens (tertiary/aromatic N) is 2. The van der Waals surface area contributed by atoms with Gasteiger partial charge in [-0.25, -0.2) is 8.61 Å². The molecule has 0 atom stereocenters. The summed E-state index contributed by atoms with van der Waals surface area (Å²) in [6.07, 6.45) is 0. The van der Waals surface area contributed by atoms with Crippen LogP contribution in [-0.4, -0.2) is 18.6 Å². The number of benzene rings is 3. The molecule has 0 saturated carbocycles. The van der Waals surface area contributed by atoms with Crippen LogP contribution in [0.2, 0.25) is 10.0 Å². The number of carbonyl (C=O) groups is 1. The standard InChI is InChI=1S/C21H16Cl2N2O3S/c22-17-7-3-5-15(11-17)13-24-20-10-2-1-9-19(20)21(26)25(29(24,27)28)14-16-6-4-8-18(23)12-16/h1-12H,13-14H2. The number of hydrogen-bond donors (Lipinski definition) is 0. The van der Waals surface area contributed by atoms with Crippen LogP contribution in [0.15, 0.2) is 72.8 Å². The smallest absolute Gasteiger partial charge is 0.268 e. The SMILES string of the molecule is O=C1c2ccccc2N(Cc2cccc(Cl)c2)S(=O)(=O)N1Cc1cccc(Cl)c1. The molecule has 0 spiro atoms. The molecule has 0 N–H and O–H groups in total. The average molecular weight is 447 g/mol. The maximum absolute atomic E-state index is 13.4. The van der Waals surface area contributed by atoms with Crippen LogP contribution in [0.25, 0.3) is 0 Å². The predicted octanol–water partition coefficient (Wildman–Crippen LogP) is 4.90. The molecular weight excluding hydrogens is 431 g/mol. The van der Waals surface area contributed by atoms with Crippen molar-refractivity contribution in [2.75, 3.05) is 4.31 Å². The summed E-state index contributed by atoms with van der Waals surface area (Å²) in [6.45, 7) is -0.0542. The van der Waals surface area contributed by atoms with Gasteiger partial charge in [0.2, 0.25) is 0 Å². The zero-order valence-electron chi connectivity index (χ0n) is 15.1. The van der Waals surface area contributed by atoms with Gasteiger partial charge in [0.1, 0.15) is 0 Å². The van der Waals surface area contributed by atoms with Gasteiger partial charge in [-0.1, -0.05) is 59.6 Å². The number of carbonyl (C=O) groups excluding carboxylic acids is 1. The Morgan fingerprint density at radius 1 is 0.724 bits per heavy atom. The maximum atomic E-state index is 13.4. The number of rotatable bonds is 4. The highest BCUT2D eigenvalue weighted by molar-refractivity contribution is 7.91. The van der Waals surface area contributed by atoms with Crippen molar-refractivity contribution in [1.29, 1.82) is 0 Å². The van der Waals surface area contributed by atoms with Gasteiger partial charge < -0.3 is 0 Å². The van der Waals surface area contributed by atoms with E-state index in [4.69, 9.17) is 23.2 Å². The monoisotopic (exact) mass is 446 g/mol. The summed E-state index contributed by atoms with van der Waals surface area (Å²) in [7, 11) is -4.12. The minimum absolute atomic E-state index is 0.0548. The number of halogens is 2. The van der Waals surface area contributed by atoms with E-state index in [0.29, 0.717) is 32.4 Å². The Morgan fingerprint density at radius 3 is 1.86 bits per heavy atom. The first kappa shape index (κ1) is 19.8. The lowest BCUT2D eigenvalue weighted by molar-refractivity contribution is 0.0851. The fourth-order valence-electron chi connectivity index (χ4n) is 3.28. The van der Waals surface area contributed by atoms with Crippen molar-refractivity contribution in [3.05, 3.63) is 99.5 Å². The topological polar surface area (TPSA) is 57.7 Å². The van der Waals surface area contributed by atoms with Crippen LogP contribution in [0, 0.1) is 0 Å². The van der Waals surface area contributed by atoms with Gasteiger partial charge in [-0.15, -0.1) is 0 Å². The molecule has 0 aliphatic carbocycles. The van der Waals surface area contributed by atoms with Crippen LogP contribution in [0.3, 0.4) is 0 Å². The number of fused-ring (bicyclic) bond motifs is 1. The molecule has 0 aromatic heterocycles. The minimum Gasteiger partial charge on any atom is -0.268 e. The lowest BCUT2D eigenvalue weighted by atomic mass is 10.1. The Hall–Kier alpha value is -2.54. The molecule has 29 heavy (non-hydrogen) atoms. The molecule has 0 bridgehead atoms. The van der Waals surface area contributed by atoms with Gasteiger partial charge >= 0.3 is 10.2 Å². The van der Waals surface area contributed by atoms with E-state index >= 15 is 0 Å². The maximum Gasteiger partial charge on any atom is 0.329 e. The minimum atomic E-state index is -4.12. The molecule has 3 aromatic rings. The van der Waals surface area contributed by atoms with Crippen molar-refractivity contribution in [2.24, 2.45) is 0 Å². The first-order chi connectivity index (χ1) is 13.9. The molecule has 3 aromatic carbocycles. The molecule has 5 nitrogen and oxygen atoms in total. The van der Waals surface area contributed by atoms with E-state index in [2.05, 4.69) is 0 Å². The van der Waals surface area contributed by atoms with E-state index in [1.807, 2.05) is 0 Å². The number of amides is 1. The van der Waals surface area contributed by atoms with Crippen molar-refractivity contribution in [3.63, 3.8) is 0 Å². The van der Waals surface area contributed by atoms with Crippen LogP contribution in [-0.2, 0) is 23.3 Å². The van der Waals surface area contributed by atoms with Crippen molar-refractivity contribution in [1.82, 2.24) is 4.31 Å². The van der Waals surface area contributed by atoms with E-state index in [1.54, 1.807) is 72.8 Å². The van der Waals surface area contributed by atoms with E-state index in [-0.39, 0.29) is 13.1 Å². The molecule has 0 saturated heterocycles. The van der Waals surface area contributed by atoms with Crippen LogP contribution < -0.4 is 4.31 Å². The molecule has 1 aliphatic rings. The zero-order chi connectivity index (χ0) is 20.6. The second-order valence-electron chi connectivity index (χ2n) is 6.60. The second-order valence-corrected chi connectivity index (χ2v) is 9.25. The van der Waals surface area contributed by atoms with Gasteiger partial charge in [0, 0.05) is 10.0 Å². The van der Waals surface area contributed by atoms with Crippen LogP contribution in [0.5, 0.6) is 0 Å². The fraction of sp³-hybridized carbons (Fsp3) is 0.0952. The highest BCUT2D eigenvalue weighted by atomic mass is 35.5. The Labute approximate surface area is 179 Å². The predicted molar refractivity (Wildman–Crippen MR) is 114 cm³/mol. The van der Waals surface area contributed by atoms with Crippen molar-refractivity contribution in [3.8, 4) is 0 Å². The van der Waals surface area contributed by atoms with Crippen molar-refractivity contribution in [2.45, 2.75) is 13.1 Å². The van der Waals surface area contributed by atoms with Crippen LogP contribution in [0.1, 0.15) is 21.5 Å². The Bertz CT molecular complexity index is 1200. The first-order valence-electron chi connectivity index (χ1n) is 8.79. The number of hydrogen-bond acceptors (Lipinski definition) is 3. The Balaban J connectivity index is 1.79. The van der Waals surface area contributed by atoms with Gasteiger partial charge in [-0.3, -0.25) is 4.79 Å². The summed E-state index contributed by atoms with van der Waals surface area (Å²) in [5, 5.41) is 0.984. The quantitative estimate of drug-likeness (QED) is 0.572. The van der Waals surface area contributed by atoms with E-state index in [1.165, 1.54) is 4.31 Å². The first-order valence-corrected chi connectivity index (χ1v) is 10.9. The summed E-state index contributed by atoms with van der Waals surface area (Å²) < 4.78 is 29.0. The largest absolute Gasteiger partial charge is 0.329 e. The summed E-state index contributed by atoms with van der Waals surface area (Å²) in [4.78, 5) is 13.0. The van der Waals surface area contributed by atoms with E-state index < -0.39 is 16.1 Å². The van der Waals surface area contributed by atoms with Gasteiger partial charge in [0.15, 0.2) is 0 Å². The molecule has 1 amide bonds. The summed E-state index contributed by atoms with van der Waals surface area (Å²) in [6, 6.07) is 20.4. The third-order valence-electron chi connectivity index (χ3n) is 4.62. The van der Waals surface area contributed by atoms with Gasteiger partial charge in [-0.2, -0.15) is 8.42 Å². The zero-order valence-corrected chi connectivity index (χ0v) is 17.5. The van der Waals surface area contributed by atoms with Gasteiger partial charge in [-0.05, 0) is 47.5 Å². The Kier molecular flexibility index (Phi) is 5.25. The summed E-state index contributed by atoms with van der Waals surface area (Å²) in [5.41, 5.74) is 2.01. The van der Waals surface area contributed by atoms with E-state index in [9.17, 15) is 13.2 Å². The third kappa shape index (κ3) is 3.83. The molecule has 1 aliphatic heterocycles. The van der Waals surface area contributed by atoms with E-state index in [0.717, 1.165) is 4.31 Å². The number of para-hydroxylation sites is 1. The second kappa shape index (κ2) is 7.71. The molecule has 0 fully saturated rings. The highest BCUT2D eigenvalue weighted by Crippen LogP contribution is 2.34. The van der Waals surface area contributed by atoms with Gasteiger partial charge in [0.05, 0.1) is 24.3 Å². The molecule has 1 heterocycles. The van der Waals surface area contributed by atoms with Crippen molar-refractivity contribution >= 4 is 45.0 Å². The van der Waals surface area contributed by atoms with Crippen LogP contribution >= 0.6 is 23.2 Å². The lowest BCUT2D eigenvalue weighted by Crippen LogP contribution is -2.50. The summed E-state index contributed by atoms with van der Waals surface area (Å²) >= 11 is 12.1. The molecule has 8 heteroatoms. The lowest BCUT2D eigenvalue weighted by Gasteiger charge is -2.37. The van der Waals surface area contributed by atoms with Gasteiger partial charge in [0.25, 0.3) is 5.91 Å². The summed E-state index contributed by atoms with van der Waals surface area (Å²) in [5.74, 6) is -0.567. The highest BCUT2D eigenvalue weighted by Gasteiger charge is 2.41. The molecule has 148 valence electrons. The molecule has 0 radical (unpaired) electrons. The van der Waals surface area contributed by atoms with Crippen molar-refractivity contribution < 1.29 is 13.2 Å². The molecular formula is C21H16Cl2N2O3S.